The van der Waals surface area contributed by atoms with Crippen LogP contribution in [0.15, 0.2) is 30.7 Å². The van der Waals surface area contributed by atoms with Gasteiger partial charge in [0, 0.05) is 42.4 Å². The third-order valence-electron chi connectivity index (χ3n) is 8.39. The van der Waals surface area contributed by atoms with Crippen molar-refractivity contribution >= 4 is 20.0 Å². The molecule has 1 saturated heterocycles. The molecule has 0 N–H and O–H groups in total. The van der Waals surface area contributed by atoms with Gasteiger partial charge in [-0.05, 0) is 62.5 Å². The molecule has 8 nitrogen and oxygen atoms in total. The maximum Gasteiger partial charge on any atom is 0.410 e. The predicted octanol–water partition coefficient (Wildman–Crippen LogP) is 7.34. The molecule has 1 atom stereocenters. The molecule has 0 saturated carbocycles. The highest BCUT2D eigenvalue weighted by Crippen LogP contribution is 2.43. The lowest BCUT2D eigenvalue weighted by molar-refractivity contribution is 0.0197. The zero-order valence-electron chi connectivity index (χ0n) is 25.5. The van der Waals surface area contributed by atoms with E-state index in [9.17, 15) is 4.79 Å². The number of carbonyl (C=O) groups is 1. The summed E-state index contributed by atoms with van der Waals surface area (Å²) in [5.74, 6) is 0.741. The highest BCUT2D eigenvalue weighted by Gasteiger charge is 2.45. The van der Waals surface area contributed by atoms with Crippen molar-refractivity contribution in [1.82, 2.24) is 23.7 Å². The van der Waals surface area contributed by atoms with E-state index in [1.165, 1.54) is 0 Å². The SMILES string of the molecule is COc1cc(C2CCCN(C(=O)OC(C)(C)C)C2)nc2c(-c3ccn([Si](C(C)C)(C(C)C)C(C)C)c3)cnn12. The maximum atomic E-state index is 12.8. The fraction of sp³-hybridized carbons (Fsp3) is 0.633. The van der Waals surface area contributed by atoms with Crippen molar-refractivity contribution in [2.45, 2.75) is 103 Å². The van der Waals surface area contributed by atoms with Crippen LogP contribution in [0.1, 0.15) is 86.8 Å². The van der Waals surface area contributed by atoms with Gasteiger partial charge >= 0.3 is 6.09 Å². The molecule has 9 heteroatoms. The van der Waals surface area contributed by atoms with E-state index < -0.39 is 13.8 Å². The number of nitrogens with zero attached hydrogens (tertiary/aromatic N) is 5. The van der Waals surface area contributed by atoms with Crippen LogP contribution in [-0.2, 0) is 4.74 Å². The topological polar surface area (TPSA) is 73.9 Å². The van der Waals surface area contributed by atoms with Crippen LogP contribution in [0.3, 0.4) is 0 Å². The first-order chi connectivity index (χ1) is 18.3. The number of carbonyl (C=O) groups excluding carboxylic acids is 1. The molecule has 1 aliphatic heterocycles. The van der Waals surface area contributed by atoms with Crippen molar-refractivity contribution in [3.8, 4) is 17.0 Å². The van der Waals surface area contributed by atoms with Gasteiger partial charge in [-0.2, -0.15) is 9.61 Å². The van der Waals surface area contributed by atoms with Crippen LogP contribution < -0.4 is 4.74 Å². The van der Waals surface area contributed by atoms with Crippen LogP contribution >= 0.6 is 0 Å². The molecule has 214 valence electrons. The van der Waals surface area contributed by atoms with E-state index in [0.29, 0.717) is 35.6 Å². The Kier molecular flexibility index (Phi) is 8.22. The number of amides is 1. The van der Waals surface area contributed by atoms with E-state index in [2.05, 4.69) is 69.3 Å². The Morgan fingerprint density at radius 3 is 2.36 bits per heavy atom. The first-order valence-corrected chi connectivity index (χ1v) is 16.6. The van der Waals surface area contributed by atoms with Crippen molar-refractivity contribution in [2.75, 3.05) is 20.2 Å². The Hall–Kier alpha value is -2.81. The minimum absolute atomic E-state index is 0.0976. The van der Waals surface area contributed by atoms with Crippen molar-refractivity contribution in [3.63, 3.8) is 0 Å². The molecule has 1 aliphatic rings. The summed E-state index contributed by atoms with van der Waals surface area (Å²) in [6.07, 6.45) is 8.07. The molecule has 0 radical (unpaired) electrons. The Morgan fingerprint density at radius 1 is 1.10 bits per heavy atom. The van der Waals surface area contributed by atoms with Gasteiger partial charge < -0.3 is 18.6 Å². The molecule has 1 fully saturated rings. The number of piperidine rings is 1. The third kappa shape index (κ3) is 5.47. The minimum atomic E-state index is -1.86. The molecule has 0 bridgehead atoms. The van der Waals surface area contributed by atoms with Crippen molar-refractivity contribution in [2.24, 2.45) is 0 Å². The standard InChI is InChI=1S/C30H47N5O3Si/c1-20(2)39(21(3)4,22(5)6)34-15-13-23(19-34)25-17-31-35-27(37-10)16-26(32-28(25)35)24-12-11-14-33(18-24)29(36)38-30(7,8)9/h13,15-17,19-22,24H,11-12,14,18H2,1-10H3. The second kappa shape index (κ2) is 11.0. The number of methoxy groups -OCH3 is 1. The van der Waals surface area contributed by atoms with E-state index in [0.717, 1.165) is 35.3 Å². The second-order valence-corrected chi connectivity index (χ2v) is 18.7. The van der Waals surface area contributed by atoms with Crippen LogP contribution in [0.2, 0.25) is 16.6 Å². The molecule has 1 amide bonds. The predicted molar refractivity (Wildman–Crippen MR) is 159 cm³/mol. The molecule has 0 aliphatic carbocycles. The molecule has 3 aromatic rings. The Morgan fingerprint density at radius 2 is 1.77 bits per heavy atom. The van der Waals surface area contributed by atoms with Crippen molar-refractivity contribution < 1.29 is 14.3 Å². The van der Waals surface area contributed by atoms with E-state index in [1.54, 1.807) is 11.6 Å². The second-order valence-electron chi connectivity index (χ2n) is 12.9. The highest BCUT2D eigenvalue weighted by molar-refractivity contribution is 6.82. The van der Waals surface area contributed by atoms with Gasteiger partial charge in [-0.3, -0.25) is 0 Å². The first kappa shape index (κ1) is 29.2. The number of rotatable bonds is 7. The molecule has 1 unspecified atom stereocenters. The number of aromatic nitrogens is 4. The lowest BCUT2D eigenvalue weighted by Gasteiger charge is -2.44. The van der Waals surface area contributed by atoms with Crippen LogP contribution in [0, 0.1) is 0 Å². The average Bonchev–Trinajstić information content (AvgIpc) is 3.49. The normalized spacial score (nSPS) is 17.1. The van der Waals surface area contributed by atoms with E-state index in [4.69, 9.17) is 14.5 Å². The minimum Gasteiger partial charge on any atom is -0.481 e. The summed E-state index contributed by atoms with van der Waals surface area (Å²) < 4.78 is 15.7. The van der Waals surface area contributed by atoms with Gasteiger partial charge in [0.1, 0.15) is 5.60 Å². The lowest BCUT2D eigenvalue weighted by atomic mass is 9.94. The summed E-state index contributed by atoms with van der Waals surface area (Å²) in [6.45, 7) is 21.3. The quantitative estimate of drug-likeness (QED) is 0.286. The summed E-state index contributed by atoms with van der Waals surface area (Å²) in [7, 11) is -0.194. The molecular formula is C30H47N5O3Si. The number of hydrogen-bond acceptors (Lipinski definition) is 5. The van der Waals surface area contributed by atoms with Gasteiger partial charge in [0.15, 0.2) is 13.9 Å². The zero-order valence-corrected chi connectivity index (χ0v) is 26.5. The average molecular weight is 554 g/mol. The molecule has 39 heavy (non-hydrogen) atoms. The van der Waals surface area contributed by atoms with Crippen molar-refractivity contribution in [3.05, 3.63) is 36.4 Å². The zero-order chi connectivity index (χ0) is 28.7. The summed E-state index contributed by atoms with van der Waals surface area (Å²) >= 11 is 0. The Balaban J connectivity index is 1.73. The largest absolute Gasteiger partial charge is 0.481 e. The summed E-state index contributed by atoms with van der Waals surface area (Å²) in [6, 6.07) is 4.17. The fourth-order valence-electron chi connectivity index (χ4n) is 6.91. The van der Waals surface area contributed by atoms with E-state index in [1.807, 2.05) is 37.9 Å². The number of likely N-dealkylation sites (tertiary alicyclic amines) is 1. The van der Waals surface area contributed by atoms with Crippen LogP contribution in [0.5, 0.6) is 5.88 Å². The molecule has 0 aromatic carbocycles. The summed E-state index contributed by atoms with van der Waals surface area (Å²) in [5, 5.41) is 4.66. The van der Waals surface area contributed by atoms with Gasteiger partial charge in [-0.1, -0.05) is 41.5 Å². The molecule has 4 rings (SSSR count). The van der Waals surface area contributed by atoms with E-state index >= 15 is 0 Å². The van der Waals surface area contributed by atoms with Crippen LogP contribution in [-0.4, -0.2) is 63.9 Å². The monoisotopic (exact) mass is 553 g/mol. The van der Waals surface area contributed by atoms with Crippen LogP contribution in [0.4, 0.5) is 4.79 Å². The Bertz CT molecular complexity index is 1280. The maximum absolute atomic E-state index is 12.8. The van der Waals surface area contributed by atoms with Crippen LogP contribution in [0.25, 0.3) is 16.8 Å². The number of ether oxygens (including phenoxy) is 2. The van der Waals surface area contributed by atoms with E-state index in [-0.39, 0.29) is 12.0 Å². The summed E-state index contributed by atoms with van der Waals surface area (Å²) in [4.78, 5) is 19.7. The highest BCUT2D eigenvalue weighted by atomic mass is 28.3. The Labute approximate surface area is 234 Å². The van der Waals surface area contributed by atoms with Gasteiger partial charge in [0.2, 0.25) is 5.88 Å². The van der Waals surface area contributed by atoms with Gasteiger partial charge in [-0.25, -0.2) is 9.78 Å². The van der Waals surface area contributed by atoms with Gasteiger partial charge in [-0.15, -0.1) is 0 Å². The molecule has 3 aromatic heterocycles. The van der Waals surface area contributed by atoms with Gasteiger partial charge in [0.25, 0.3) is 0 Å². The molecule has 0 spiro atoms. The van der Waals surface area contributed by atoms with Crippen molar-refractivity contribution in [1.29, 1.82) is 0 Å². The summed E-state index contributed by atoms with van der Waals surface area (Å²) in [5.41, 5.74) is 5.10. The lowest BCUT2D eigenvalue weighted by Crippen LogP contribution is -2.51. The molecule has 4 heterocycles. The molecular weight excluding hydrogens is 506 g/mol. The number of hydrogen-bond donors (Lipinski definition) is 0. The smallest absolute Gasteiger partial charge is 0.410 e. The fourth-order valence-corrected chi connectivity index (χ4v) is 13.4. The van der Waals surface area contributed by atoms with Gasteiger partial charge in [0.05, 0.1) is 19.0 Å². The third-order valence-corrected chi connectivity index (χ3v) is 15.1. The first-order valence-electron chi connectivity index (χ1n) is 14.4. The number of fused-ring (bicyclic) bond motifs is 1.